The Labute approximate surface area is 126 Å². The number of benzene rings is 1. The predicted molar refractivity (Wildman–Crippen MR) is 81.4 cm³/mol. The van der Waals surface area contributed by atoms with E-state index in [1.54, 1.807) is 18.7 Å². The van der Waals surface area contributed by atoms with Crippen molar-refractivity contribution < 1.29 is 9.69 Å². The van der Waals surface area contributed by atoms with Crippen LogP contribution in [0.4, 0.5) is 0 Å². The number of hydrogen-bond acceptors (Lipinski definition) is 4. The van der Waals surface area contributed by atoms with E-state index in [1.807, 2.05) is 22.9 Å². The lowest BCUT2D eigenvalue weighted by atomic mass is 10.1. The SMILES string of the molecule is Cc1cccc2c1-n1cncc1C[N+]1(C(N)=NO)C=CN=C21. The number of fused-ring (bicyclic) bond motifs is 5. The fraction of sp³-hybridized carbons (Fsp3) is 0.133. The molecule has 0 amide bonds. The van der Waals surface area contributed by atoms with Crippen LogP contribution in [-0.2, 0) is 6.54 Å². The fourth-order valence-corrected chi connectivity index (χ4v) is 3.20. The van der Waals surface area contributed by atoms with Gasteiger partial charge in [-0.05, 0) is 23.7 Å². The van der Waals surface area contributed by atoms with Crippen molar-refractivity contribution in [2.24, 2.45) is 15.9 Å². The summed E-state index contributed by atoms with van der Waals surface area (Å²) >= 11 is 0. The van der Waals surface area contributed by atoms with Crippen molar-refractivity contribution in [1.29, 1.82) is 0 Å². The summed E-state index contributed by atoms with van der Waals surface area (Å²) in [4.78, 5) is 8.77. The number of guanidine groups is 1. The Kier molecular flexibility index (Phi) is 2.49. The number of aromatic nitrogens is 2. The number of aliphatic imine (C=N–C) groups is 1. The van der Waals surface area contributed by atoms with Crippen LogP contribution in [-0.4, -0.2) is 31.0 Å². The summed E-state index contributed by atoms with van der Waals surface area (Å²) in [6.07, 6.45) is 7.12. The molecule has 0 radical (unpaired) electrons. The fourth-order valence-electron chi connectivity index (χ4n) is 3.20. The average molecular weight is 295 g/mol. The van der Waals surface area contributed by atoms with Crippen LogP contribution in [0.5, 0.6) is 0 Å². The van der Waals surface area contributed by atoms with Gasteiger partial charge < -0.3 is 10.9 Å². The molecule has 22 heavy (non-hydrogen) atoms. The predicted octanol–water partition coefficient (Wildman–Crippen LogP) is 1.45. The molecule has 3 N–H and O–H groups in total. The Bertz CT molecular complexity index is 863. The molecule has 2 aromatic rings. The molecule has 0 spiro atoms. The first-order valence-corrected chi connectivity index (χ1v) is 6.91. The minimum atomic E-state index is 0.0681. The maximum Gasteiger partial charge on any atom is 0.344 e. The number of nitrogens with two attached hydrogens (primary N) is 1. The minimum Gasteiger partial charge on any atom is -0.405 e. The van der Waals surface area contributed by atoms with Crippen molar-refractivity contribution in [2.75, 3.05) is 0 Å². The number of aryl methyl sites for hydroxylation is 1. The Balaban J connectivity index is 2.10. The van der Waals surface area contributed by atoms with Gasteiger partial charge in [0.2, 0.25) is 5.84 Å². The first kappa shape index (κ1) is 12.8. The van der Waals surface area contributed by atoms with E-state index in [2.05, 4.69) is 28.1 Å². The molecule has 0 saturated heterocycles. The van der Waals surface area contributed by atoms with Gasteiger partial charge in [0.15, 0.2) is 0 Å². The maximum atomic E-state index is 9.26. The van der Waals surface area contributed by atoms with Crippen LogP contribution in [0.1, 0.15) is 16.8 Å². The van der Waals surface area contributed by atoms with Crippen LogP contribution in [0.25, 0.3) is 5.69 Å². The third-order valence-electron chi connectivity index (χ3n) is 4.25. The highest BCUT2D eigenvalue weighted by molar-refractivity contribution is 6.05. The molecule has 7 nitrogen and oxygen atoms in total. The molecule has 7 heteroatoms. The van der Waals surface area contributed by atoms with Crippen molar-refractivity contribution in [2.45, 2.75) is 13.5 Å². The number of imidazole rings is 1. The smallest absolute Gasteiger partial charge is 0.344 e. The van der Waals surface area contributed by atoms with E-state index in [4.69, 9.17) is 5.73 Å². The van der Waals surface area contributed by atoms with Crippen LogP contribution in [0, 0.1) is 6.92 Å². The van der Waals surface area contributed by atoms with Crippen LogP contribution in [0.15, 0.2) is 53.3 Å². The number of nitrogens with zero attached hydrogens (tertiary/aromatic N) is 5. The van der Waals surface area contributed by atoms with Crippen LogP contribution in [0.3, 0.4) is 0 Å². The molecule has 4 rings (SSSR count). The molecule has 0 saturated carbocycles. The van der Waals surface area contributed by atoms with Gasteiger partial charge in [0.1, 0.15) is 12.7 Å². The van der Waals surface area contributed by atoms with E-state index in [1.165, 1.54) is 0 Å². The molecule has 0 bridgehead atoms. The van der Waals surface area contributed by atoms with Gasteiger partial charge in [-0.15, -0.1) is 0 Å². The average Bonchev–Trinajstić information content (AvgIpc) is 3.12. The summed E-state index contributed by atoms with van der Waals surface area (Å²) in [5.74, 6) is 0.826. The number of hydrogen-bond donors (Lipinski definition) is 2. The zero-order valence-corrected chi connectivity index (χ0v) is 12.0. The monoisotopic (exact) mass is 295 g/mol. The lowest BCUT2D eigenvalue weighted by molar-refractivity contribution is -0.703. The van der Waals surface area contributed by atoms with E-state index in [0.717, 1.165) is 28.3 Å². The van der Waals surface area contributed by atoms with Gasteiger partial charge >= 0.3 is 5.96 Å². The Morgan fingerprint density at radius 1 is 1.45 bits per heavy atom. The molecular weight excluding hydrogens is 280 g/mol. The standard InChI is InChI=1S/C15H14N6O/c1-10-3-2-4-12-13(10)20-9-17-7-11(20)8-21(15(16)19-22)6-5-18-14(12)21/h2-7,9H,8H2,1H3,(H2-,16,19,22)/p+1. The number of amidine groups is 1. The van der Waals surface area contributed by atoms with Gasteiger partial charge in [0.05, 0.1) is 35.7 Å². The highest BCUT2D eigenvalue weighted by Crippen LogP contribution is 2.34. The van der Waals surface area contributed by atoms with E-state index in [0.29, 0.717) is 6.54 Å². The summed E-state index contributed by atoms with van der Waals surface area (Å²) < 4.78 is 2.11. The Hall–Kier alpha value is -2.93. The summed E-state index contributed by atoms with van der Waals surface area (Å²) in [5, 5.41) is 12.5. The number of rotatable bonds is 0. The second kappa shape index (κ2) is 4.28. The molecule has 2 aliphatic rings. The van der Waals surface area contributed by atoms with Crippen molar-refractivity contribution in [3.05, 3.63) is 59.9 Å². The van der Waals surface area contributed by atoms with E-state index in [9.17, 15) is 5.21 Å². The lowest BCUT2D eigenvalue weighted by Gasteiger charge is -2.27. The molecule has 0 fully saturated rings. The Morgan fingerprint density at radius 2 is 2.32 bits per heavy atom. The maximum absolute atomic E-state index is 9.26. The number of quaternary nitrogens is 1. The first-order chi connectivity index (χ1) is 10.7. The second-order valence-corrected chi connectivity index (χ2v) is 5.46. The van der Waals surface area contributed by atoms with Crippen molar-refractivity contribution >= 4 is 11.8 Å². The molecule has 2 aliphatic heterocycles. The van der Waals surface area contributed by atoms with Gasteiger partial charge in [0, 0.05) is 0 Å². The van der Waals surface area contributed by atoms with Gasteiger partial charge in [0.25, 0.3) is 0 Å². The quantitative estimate of drug-likeness (QED) is 0.253. The Morgan fingerprint density at radius 3 is 3.14 bits per heavy atom. The molecule has 1 atom stereocenters. The van der Waals surface area contributed by atoms with E-state index in [-0.39, 0.29) is 10.4 Å². The highest BCUT2D eigenvalue weighted by atomic mass is 16.4. The summed E-state index contributed by atoms with van der Waals surface area (Å²) in [6.45, 7) is 2.54. The minimum absolute atomic E-state index is 0.0681. The summed E-state index contributed by atoms with van der Waals surface area (Å²) in [7, 11) is 0. The van der Waals surface area contributed by atoms with Crippen molar-refractivity contribution in [1.82, 2.24) is 9.55 Å². The molecule has 1 unspecified atom stereocenters. The number of para-hydroxylation sites is 1. The largest absolute Gasteiger partial charge is 0.405 e. The highest BCUT2D eigenvalue weighted by Gasteiger charge is 2.46. The van der Waals surface area contributed by atoms with E-state index >= 15 is 0 Å². The van der Waals surface area contributed by atoms with Gasteiger partial charge in [-0.3, -0.25) is 4.57 Å². The molecule has 0 aliphatic carbocycles. The lowest BCUT2D eigenvalue weighted by Crippen LogP contribution is -2.54. The molecule has 110 valence electrons. The topological polar surface area (TPSA) is 88.8 Å². The van der Waals surface area contributed by atoms with Gasteiger partial charge in [-0.25, -0.2) is 4.98 Å². The van der Waals surface area contributed by atoms with Gasteiger partial charge in [-0.2, -0.15) is 9.48 Å². The van der Waals surface area contributed by atoms with E-state index < -0.39 is 0 Å². The third-order valence-corrected chi connectivity index (χ3v) is 4.25. The molecular formula is C15H15N6O+. The molecule has 1 aromatic heterocycles. The van der Waals surface area contributed by atoms with Crippen molar-refractivity contribution in [3.8, 4) is 5.69 Å². The number of oxime groups is 1. The molecule has 1 aromatic carbocycles. The van der Waals surface area contributed by atoms with Crippen molar-refractivity contribution in [3.63, 3.8) is 0 Å². The first-order valence-electron chi connectivity index (χ1n) is 6.91. The normalized spacial score (nSPS) is 22.6. The third kappa shape index (κ3) is 1.45. The summed E-state index contributed by atoms with van der Waals surface area (Å²) in [5.41, 5.74) is 10.1. The van der Waals surface area contributed by atoms with Gasteiger partial charge in [-0.1, -0.05) is 12.1 Å². The molecule has 3 heterocycles. The van der Waals surface area contributed by atoms with Crippen LogP contribution < -0.4 is 5.73 Å². The zero-order chi connectivity index (χ0) is 15.3. The zero-order valence-electron chi connectivity index (χ0n) is 12.0. The van der Waals surface area contributed by atoms with Crippen LogP contribution in [0.2, 0.25) is 0 Å². The summed E-state index contributed by atoms with van der Waals surface area (Å²) in [6, 6.07) is 6.04. The second-order valence-electron chi connectivity index (χ2n) is 5.46. The van der Waals surface area contributed by atoms with Crippen LogP contribution >= 0.6 is 0 Å².